The summed E-state index contributed by atoms with van der Waals surface area (Å²) in [6.07, 6.45) is 8.62. The number of pyridine rings is 1. The summed E-state index contributed by atoms with van der Waals surface area (Å²) in [4.78, 5) is 13.2. The molecule has 0 saturated carbocycles. The maximum atomic E-state index is 5.28. The van der Waals surface area contributed by atoms with Gasteiger partial charge >= 0.3 is 0 Å². The Morgan fingerprint density at radius 3 is 2.85 bits per heavy atom. The second-order valence-corrected chi connectivity index (χ2v) is 6.64. The van der Waals surface area contributed by atoms with Crippen molar-refractivity contribution >= 4 is 5.96 Å². The number of hydrogen-bond donors (Lipinski definition) is 2. The van der Waals surface area contributed by atoms with Gasteiger partial charge in [0, 0.05) is 31.7 Å². The highest BCUT2D eigenvalue weighted by Crippen LogP contribution is 2.13. The van der Waals surface area contributed by atoms with Crippen LogP contribution in [0.2, 0.25) is 0 Å². The van der Waals surface area contributed by atoms with Crippen molar-refractivity contribution in [2.24, 2.45) is 4.99 Å². The summed E-state index contributed by atoms with van der Waals surface area (Å²) < 4.78 is 5.28. The second kappa shape index (κ2) is 12.0. The topological polar surface area (TPSA) is 88.2 Å². The Hall–Kier alpha value is -2.44. The maximum Gasteiger partial charge on any atom is 0.276 e. The second-order valence-electron chi connectivity index (χ2n) is 6.64. The summed E-state index contributed by atoms with van der Waals surface area (Å²) >= 11 is 0. The zero-order valence-electron chi connectivity index (χ0n) is 16.7. The van der Waals surface area contributed by atoms with Gasteiger partial charge in [-0.25, -0.2) is 0 Å². The third-order valence-electron chi connectivity index (χ3n) is 4.18. The van der Waals surface area contributed by atoms with Crippen LogP contribution < -0.4 is 10.6 Å². The Labute approximate surface area is 162 Å². The van der Waals surface area contributed by atoms with Crippen molar-refractivity contribution in [2.45, 2.75) is 65.3 Å². The SMILES string of the molecule is CCCCCCC(C)NC(=NCCc1noc(-c2ccccn2)n1)NCC. The van der Waals surface area contributed by atoms with Crippen LogP contribution in [0.5, 0.6) is 0 Å². The van der Waals surface area contributed by atoms with Gasteiger partial charge in [0.2, 0.25) is 0 Å². The highest BCUT2D eigenvalue weighted by Gasteiger charge is 2.09. The molecule has 1 unspecified atom stereocenters. The minimum atomic E-state index is 0.403. The van der Waals surface area contributed by atoms with Crippen molar-refractivity contribution in [3.63, 3.8) is 0 Å². The van der Waals surface area contributed by atoms with E-state index in [2.05, 4.69) is 51.5 Å². The van der Waals surface area contributed by atoms with Crippen LogP contribution in [0.15, 0.2) is 33.9 Å². The van der Waals surface area contributed by atoms with Crippen LogP contribution in [0, 0.1) is 0 Å². The van der Waals surface area contributed by atoms with E-state index in [1.807, 2.05) is 18.2 Å². The standard InChI is InChI=1S/C20H32N6O/c1-4-6-7-8-11-16(3)24-20(21-5-2)23-15-13-18-25-19(27-26-18)17-12-9-10-14-22-17/h9-10,12,14,16H,4-8,11,13,15H2,1-3H3,(H2,21,23,24). The zero-order valence-corrected chi connectivity index (χ0v) is 16.7. The number of hydrogen-bond acceptors (Lipinski definition) is 5. The van der Waals surface area contributed by atoms with Gasteiger partial charge in [-0.1, -0.05) is 43.8 Å². The minimum Gasteiger partial charge on any atom is -0.357 e. The first kappa shape index (κ1) is 20.9. The average Bonchev–Trinajstić information content (AvgIpc) is 3.15. The molecule has 2 N–H and O–H groups in total. The zero-order chi connectivity index (χ0) is 19.3. The lowest BCUT2D eigenvalue weighted by Gasteiger charge is -2.17. The van der Waals surface area contributed by atoms with Crippen molar-refractivity contribution in [3.8, 4) is 11.6 Å². The molecule has 148 valence electrons. The van der Waals surface area contributed by atoms with Gasteiger partial charge in [0.05, 0.1) is 0 Å². The first-order valence-electron chi connectivity index (χ1n) is 10.0. The van der Waals surface area contributed by atoms with Crippen LogP contribution in [0.25, 0.3) is 11.6 Å². The molecule has 2 heterocycles. The highest BCUT2D eigenvalue weighted by atomic mass is 16.5. The molecule has 0 saturated heterocycles. The van der Waals surface area contributed by atoms with E-state index in [9.17, 15) is 0 Å². The molecule has 27 heavy (non-hydrogen) atoms. The Balaban J connectivity index is 1.81. The number of aliphatic imine (C=N–C) groups is 1. The molecule has 0 amide bonds. The van der Waals surface area contributed by atoms with Crippen LogP contribution in [0.4, 0.5) is 0 Å². The van der Waals surface area contributed by atoms with E-state index >= 15 is 0 Å². The molecule has 0 spiro atoms. The summed E-state index contributed by atoms with van der Waals surface area (Å²) in [5.41, 5.74) is 0.687. The number of nitrogens with one attached hydrogen (secondary N) is 2. The Morgan fingerprint density at radius 1 is 1.22 bits per heavy atom. The summed E-state index contributed by atoms with van der Waals surface area (Å²) in [6, 6.07) is 6.01. The fourth-order valence-corrected chi connectivity index (χ4v) is 2.72. The molecule has 0 radical (unpaired) electrons. The molecule has 0 bridgehead atoms. The van der Waals surface area contributed by atoms with Crippen LogP contribution in [0.3, 0.4) is 0 Å². The van der Waals surface area contributed by atoms with Gasteiger partial charge < -0.3 is 15.2 Å². The summed E-state index contributed by atoms with van der Waals surface area (Å²) in [5.74, 6) is 1.93. The van der Waals surface area contributed by atoms with Crippen LogP contribution >= 0.6 is 0 Å². The predicted octanol–water partition coefficient (Wildman–Crippen LogP) is 3.59. The molecular formula is C20H32N6O. The van der Waals surface area contributed by atoms with Gasteiger partial charge in [0.15, 0.2) is 11.8 Å². The summed E-state index contributed by atoms with van der Waals surface area (Å²) in [7, 11) is 0. The molecule has 0 aliphatic carbocycles. The van der Waals surface area contributed by atoms with Gasteiger partial charge in [-0.05, 0) is 32.4 Å². The molecule has 0 fully saturated rings. The van der Waals surface area contributed by atoms with Gasteiger partial charge in [-0.15, -0.1) is 0 Å². The van der Waals surface area contributed by atoms with Gasteiger partial charge in [-0.2, -0.15) is 4.98 Å². The first-order valence-corrected chi connectivity index (χ1v) is 10.0. The van der Waals surface area contributed by atoms with Gasteiger partial charge in [0.1, 0.15) is 5.69 Å². The molecule has 7 nitrogen and oxygen atoms in total. The molecule has 2 rings (SSSR count). The number of unbranched alkanes of at least 4 members (excludes halogenated alkanes) is 3. The lowest BCUT2D eigenvalue weighted by Crippen LogP contribution is -2.42. The number of guanidine groups is 1. The van der Waals surface area contributed by atoms with Crippen LogP contribution in [-0.2, 0) is 6.42 Å². The quantitative estimate of drug-likeness (QED) is 0.356. The Bertz CT molecular complexity index is 670. The van der Waals surface area contributed by atoms with Gasteiger partial charge in [-0.3, -0.25) is 9.98 Å². The van der Waals surface area contributed by atoms with Crippen molar-refractivity contribution in [2.75, 3.05) is 13.1 Å². The van der Waals surface area contributed by atoms with Crippen molar-refractivity contribution in [1.82, 2.24) is 25.8 Å². The molecule has 1 atom stereocenters. The Morgan fingerprint density at radius 2 is 2.11 bits per heavy atom. The third-order valence-corrected chi connectivity index (χ3v) is 4.18. The van der Waals surface area contributed by atoms with E-state index < -0.39 is 0 Å². The summed E-state index contributed by atoms with van der Waals surface area (Å²) in [5, 5.41) is 10.8. The molecule has 0 aromatic carbocycles. The van der Waals surface area contributed by atoms with E-state index in [1.54, 1.807) is 6.20 Å². The molecule has 0 aliphatic rings. The fourth-order valence-electron chi connectivity index (χ4n) is 2.72. The largest absolute Gasteiger partial charge is 0.357 e. The average molecular weight is 373 g/mol. The first-order chi connectivity index (χ1) is 13.2. The lowest BCUT2D eigenvalue weighted by molar-refractivity contribution is 0.421. The maximum absolute atomic E-state index is 5.28. The van der Waals surface area contributed by atoms with E-state index in [4.69, 9.17) is 4.52 Å². The van der Waals surface area contributed by atoms with E-state index in [0.717, 1.165) is 18.9 Å². The minimum absolute atomic E-state index is 0.403. The van der Waals surface area contributed by atoms with Crippen molar-refractivity contribution < 1.29 is 4.52 Å². The smallest absolute Gasteiger partial charge is 0.276 e. The number of nitrogens with zero attached hydrogens (tertiary/aromatic N) is 4. The highest BCUT2D eigenvalue weighted by molar-refractivity contribution is 5.80. The molecule has 7 heteroatoms. The van der Waals surface area contributed by atoms with E-state index in [-0.39, 0.29) is 0 Å². The molecule has 2 aromatic rings. The third kappa shape index (κ3) is 7.76. The summed E-state index contributed by atoms with van der Waals surface area (Å²) in [6.45, 7) is 7.94. The number of aromatic nitrogens is 3. The Kier molecular flexibility index (Phi) is 9.30. The predicted molar refractivity (Wildman–Crippen MR) is 109 cm³/mol. The number of rotatable bonds is 11. The van der Waals surface area contributed by atoms with Gasteiger partial charge in [0.25, 0.3) is 5.89 Å². The van der Waals surface area contributed by atoms with Crippen molar-refractivity contribution in [3.05, 3.63) is 30.2 Å². The van der Waals surface area contributed by atoms with Crippen LogP contribution in [-0.4, -0.2) is 40.2 Å². The lowest BCUT2D eigenvalue weighted by atomic mass is 10.1. The normalized spacial score (nSPS) is 12.8. The fraction of sp³-hybridized carbons (Fsp3) is 0.600. The monoisotopic (exact) mass is 372 g/mol. The van der Waals surface area contributed by atoms with E-state index in [1.165, 1.54) is 25.7 Å². The molecule has 0 aliphatic heterocycles. The van der Waals surface area contributed by atoms with E-state index in [0.29, 0.717) is 36.4 Å². The molecular weight excluding hydrogens is 340 g/mol. The van der Waals surface area contributed by atoms with Crippen LogP contribution in [0.1, 0.15) is 58.7 Å². The van der Waals surface area contributed by atoms with Crippen molar-refractivity contribution in [1.29, 1.82) is 0 Å². The molecule has 2 aromatic heterocycles.